The van der Waals surface area contributed by atoms with Gasteiger partial charge in [0.2, 0.25) is 0 Å². The van der Waals surface area contributed by atoms with Gasteiger partial charge in [-0.1, -0.05) is 25.1 Å². The Bertz CT molecular complexity index is 1360. The van der Waals surface area contributed by atoms with E-state index in [1.165, 1.54) is 12.0 Å². The van der Waals surface area contributed by atoms with Crippen LogP contribution in [-0.4, -0.2) is 36.6 Å². The minimum atomic E-state index is -0.853. The van der Waals surface area contributed by atoms with Crippen LogP contribution in [0.4, 0.5) is 5.69 Å². The van der Waals surface area contributed by atoms with Crippen molar-refractivity contribution in [1.82, 2.24) is 0 Å². The van der Waals surface area contributed by atoms with E-state index < -0.39 is 17.7 Å². The van der Waals surface area contributed by atoms with Gasteiger partial charge in [0.1, 0.15) is 23.0 Å². The van der Waals surface area contributed by atoms with Gasteiger partial charge in [-0.2, -0.15) is 0 Å². The molecule has 1 heterocycles. The van der Waals surface area contributed by atoms with E-state index in [4.69, 9.17) is 14.2 Å². The van der Waals surface area contributed by atoms with Crippen LogP contribution in [0, 0.1) is 6.92 Å². The summed E-state index contributed by atoms with van der Waals surface area (Å²) in [5.74, 6) is 0.180. The Labute approximate surface area is 223 Å². The highest BCUT2D eigenvalue weighted by Crippen LogP contribution is 2.43. The lowest BCUT2D eigenvalue weighted by Gasteiger charge is -2.26. The molecule has 1 fully saturated rings. The number of ether oxygens (including phenoxy) is 3. The molecule has 3 aromatic carbocycles. The van der Waals surface area contributed by atoms with Crippen molar-refractivity contribution in [1.29, 1.82) is 0 Å². The number of rotatable bonds is 9. The lowest BCUT2D eigenvalue weighted by atomic mass is 9.94. The van der Waals surface area contributed by atoms with Crippen LogP contribution in [0.3, 0.4) is 0 Å². The van der Waals surface area contributed by atoms with Gasteiger partial charge in [0, 0.05) is 17.3 Å². The first-order valence-corrected chi connectivity index (χ1v) is 12.7. The summed E-state index contributed by atoms with van der Waals surface area (Å²) >= 11 is 0. The van der Waals surface area contributed by atoms with Crippen molar-refractivity contribution in [3.8, 4) is 17.2 Å². The van der Waals surface area contributed by atoms with Crippen LogP contribution >= 0.6 is 0 Å². The Morgan fingerprint density at radius 1 is 1.00 bits per heavy atom. The minimum absolute atomic E-state index is 0.00869. The van der Waals surface area contributed by atoms with E-state index in [-0.39, 0.29) is 17.4 Å². The number of carbonyl (C=O) groups is 2. The highest BCUT2D eigenvalue weighted by atomic mass is 16.5. The highest BCUT2D eigenvalue weighted by Gasteiger charge is 2.47. The number of aliphatic hydroxyl groups excluding tert-OH is 1. The molecule has 198 valence electrons. The fraction of sp³-hybridized carbons (Fsp3) is 0.290. The lowest BCUT2D eigenvalue weighted by Crippen LogP contribution is -2.29. The second-order valence-electron chi connectivity index (χ2n) is 9.43. The number of benzene rings is 3. The molecule has 0 aromatic heterocycles. The zero-order chi connectivity index (χ0) is 27.4. The summed E-state index contributed by atoms with van der Waals surface area (Å²) in [4.78, 5) is 28.3. The molecule has 1 atom stereocenters. The van der Waals surface area contributed by atoms with Crippen molar-refractivity contribution < 1.29 is 28.9 Å². The average Bonchev–Trinajstić information content (AvgIpc) is 3.18. The van der Waals surface area contributed by atoms with E-state index in [2.05, 4.69) is 0 Å². The third kappa shape index (κ3) is 5.37. The maximum atomic E-state index is 13.5. The fourth-order valence-corrected chi connectivity index (χ4v) is 4.48. The monoisotopic (exact) mass is 515 g/mol. The van der Waals surface area contributed by atoms with Gasteiger partial charge in [-0.25, -0.2) is 0 Å². The second-order valence-corrected chi connectivity index (χ2v) is 9.43. The molecular weight excluding hydrogens is 482 g/mol. The molecule has 3 aromatic rings. The first-order chi connectivity index (χ1) is 18.2. The van der Waals surface area contributed by atoms with Gasteiger partial charge >= 0.3 is 0 Å². The molecule has 1 amide bonds. The number of ketones is 1. The molecule has 38 heavy (non-hydrogen) atoms. The van der Waals surface area contributed by atoms with Gasteiger partial charge in [0.25, 0.3) is 11.7 Å². The van der Waals surface area contributed by atoms with Crippen molar-refractivity contribution in [3.63, 3.8) is 0 Å². The van der Waals surface area contributed by atoms with Gasteiger partial charge < -0.3 is 19.3 Å². The number of aliphatic hydroxyl groups is 1. The molecule has 1 aliphatic rings. The summed E-state index contributed by atoms with van der Waals surface area (Å²) in [6, 6.07) is 18.5. The standard InChI is InChI=1S/C31H33NO6/c1-6-16-37-24-13-10-21(11-14-24)28-27(29(33)22-12-15-26(20(4)17-22)38-19(2)3)30(34)31(35)32(28)23-8-7-9-25(18-23)36-5/h7-15,17-19,28,33H,6,16H2,1-5H3/b29-27-. The predicted molar refractivity (Wildman–Crippen MR) is 147 cm³/mol. The minimum Gasteiger partial charge on any atom is -0.507 e. The first kappa shape index (κ1) is 26.8. The number of methoxy groups -OCH3 is 1. The molecule has 1 N–H and O–H groups in total. The molecule has 7 heteroatoms. The SMILES string of the molecule is CCCOc1ccc(C2/C(=C(/O)c3ccc(OC(C)C)c(C)c3)C(=O)C(=O)N2c2cccc(OC)c2)cc1. The van der Waals surface area contributed by atoms with E-state index in [0.717, 1.165) is 12.0 Å². The Hall–Kier alpha value is -4.26. The normalized spacial score (nSPS) is 16.7. The summed E-state index contributed by atoms with van der Waals surface area (Å²) in [5, 5.41) is 11.5. The number of amides is 1. The van der Waals surface area contributed by atoms with E-state index in [1.54, 1.807) is 54.6 Å². The lowest BCUT2D eigenvalue weighted by molar-refractivity contribution is -0.132. The van der Waals surface area contributed by atoms with Crippen molar-refractivity contribution in [2.45, 2.75) is 46.3 Å². The Balaban J connectivity index is 1.86. The first-order valence-electron chi connectivity index (χ1n) is 12.7. The van der Waals surface area contributed by atoms with E-state index in [9.17, 15) is 14.7 Å². The highest BCUT2D eigenvalue weighted by molar-refractivity contribution is 6.51. The third-order valence-electron chi connectivity index (χ3n) is 6.26. The maximum absolute atomic E-state index is 13.5. The van der Waals surface area contributed by atoms with Crippen molar-refractivity contribution in [3.05, 3.63) is 89.0 Å². The molecule has 1 aliphatic heterocycles. The Morgan fingerprint density at radius 2 is 1.74 bits per heavy atom. The number of carbonyl (C=O) groups excluding carboxylic acids is 2. The van der Waals surface area contributed by atoms with Crippen LogP contribution in [0.2, 0.25) is 0 Å². The zero-order valence-corrected chi connectivity index (χ0v) is 22.4. The maximum Gasteiger partial charge on any atom is 0.300 e. The van der Waals surface area contributed by atoms with Gasteiger partial charge in [-0.05, 0) is 80.8 Å². The molecule has 0 bridgehead atoms. The summed E-state index contributed by atoms with van der Waals surface area (Å²) in [6.45, 7) is 8.35. The number of nitrogens with zero attached hydrogens (tertiary/aromatic N) is 1. The van der Waals surface area contributed by atoms with Crippen molar-refractivity contribution in [2.75, 3.05) is 18.6 Å². The summed E-state index contributed by atoms with van der Waals surface area (Å²) < 4.78 is 16.9. The third-order valence-corrected chi connectivity index (χ3v) is 6.26. The van der Waals surface area contributed by atoms with E-state index in [0.29, 0.717) is 40.7 Å². The largest absolute Gasteiger partial charge is 0.507 e. The summed E-state index contributed by atoms with van der Waals surface area (Å²) in [7, 11) is 1.54. The van der Waals surface area contributed by atoms with Gasteiger partial charge in [-0.15, -0.1) is 0 Å². The van der Waals surface area contributed by atoms with Crippen LogP contribution in [0.25, 0.3) is 5.76 Å². The molecule has 1 saturated heterocycles. The van der Waals surface area contributed by atoms with Gasteiger partial charge in [0.15, 0.2) is 0 Å². The molecular formula is C31H33NO6. The molecule has 0 spiro atoms. The van der Waals surface area contributed by atoms with Gasteiger partial charge in [-0.3, -0.25) is 14.5 Å². The number of hydrogen-bond donors (Lipinski definition) is 1. The number of Topliss-reactive ketones (excluding diaryl/α,β-unsaturated/α-hetero) is 1. The molecule has 0 saturated carbocycles. The summed E-state index contributed by atoms with van der Waals surface area (Å²) in [5.41, 5.74) is 2.39. The number of aryl methyl sites for hydroxylation is 1. The fourth-order valence-electron chi connectivity index (χ4n) is 4.48. The van der Waals surface area contributed by atoms with E-state index in [1.807, 2.05) is 39.8 Å². The van der Waals surface area contributed by atoms with Crippen molar-refractivity contribution >= 4 is 23.1 Å². The molecule has 7 nitrogen and oxygen atoms in total. The van der Waals surface area contributed by atoms with Crippen molar-refractivity contribution in [2.24, 2.45) is 0 Å². The predicted octanol–water partition coefficient (Wildman–Crippen LogP) is 6.21. The summed E-state index contributed by atoms with van der Waals surface area (Å²) in [6.07, 6.45) is 0.864. The Morgan fingerprint density at radius 3 is 2.37 bits per heavy atom. The van der Waals surface area contributed by atoms with Crippen LogP contribution in [-0.2, 0) is 9.59 Å². The van der Waals surface area contributed by atoms with Crippen LogP contribution in [0.15, 0.2) is 72.3 Å². The second kappa shape index (κ2) is 11.4. The quantitative estimate of drug-likeness (QED) is 0.207. The number of anilines is 1. The molecule has 0 radical (unpaired) electrons. The smallest absolute Gasteiger partial charge is 0.300 e. The van der Waals surface area contributed by atoms with Crippen LogP contribution < -0.4 is 19.1 Å². The molecule has 0 aliphatic carbocycles. The topological polar surface area (TPSA) is 85.3 Å². The molecule has 1 unspecified atom stereocenters. The van der Waals surface area contributed by atoms with Crippen LogP contribution in [0.1, 0.15) is 49.9 Å². The van der Waals surface area contributed by atoms with Gasteiger partial charge in [0.05, 0.1) is 31.4 Å². The Kier molecular flexibility index (Phi) is 8.05. The molecule has 4 rings (SSSR count). The van der Waals surface area contributed by atoms with E-state index >= 15 is 0 Å². The average molecular weight is 516 g/mol. The van der Waals surface area contributed by atoms with Crippen LogP contribution in [0.5, 0.6) is 17.2 Å². The zero-order valence-electron chi connectivity index (χ0n) is 22.4. The number of hydrogen-bond acceptors (Lipinski definition) is 6.